The van der Waals surface area contributed by atoms with Crippen molar-refractivity contribution in [1.82, 2.24) is 9.97 Å². The summed E-state index contributed by atoms with van der Waals surface area (Å²) in [6, 6.07) is 11.9. The maximum absolute atomic E-state index is 11.4. The first-order valence-corrected chi connectivity index (χ1v) is 10.2. The second kappa shape index (κ2) is 7.40. The minimum Gasteiger partial charge on any atom is -0.478 e. The molecule has 0 fully saturated rings. The van der Waals surface area contributed by atoms with E-state index in [0.29, 0.717) is 23.4 Å². The molecule has 0 bridgehead atoms. The molecule has 0 atom stereocenters. The predicted molar refractivity (Wildman–Crippen MR) is 102 cm³/mol. The standard InChI is InChI=1S/C17H18N4O3S2/c1-3-24-15-6-4-5-14(20-15)21-17-19-11(2)16(25-17)12-7-9-13(10-8-12)26(18,22)23/h4-10H,3H2,1-2H3,(H2,18,22,23)(H,19,20,21). The summed E-state index contributed by atoms with van der Waals surface area (Å²) in [7, 11) is -3.70. The predicted octanol–water partition coefficient (Wildman–Crippen LogP) is 3.30. The highest BCUT2D eigenvalue weighted by Crippen LogP contribution is 2.34. The highest BCUT2D eigenvalue weighted by atomic mass is 32.2. The van der Waals surface area contributed by atoms with Gasteiger partial charge in [0, 0.05) is 6.07 Å². The molecule has 136 valence electrons. The van der Waals surface area contributed by atoms with Crippen LogP contribution in [0.1, 0.15) is 12.6 Å². The van der Waals surface area contributed by atoms with Crippen LogP contribution in [0.2, 0.25) is 0 Å². The van der Waals surface area contributed by atoms with Crippen LogP contribution in [0.3, 0.4) is 0 Å². The third-order valence-electron chi connectivity index (χ3n) is 3.49. The number of primary sulfonamides is 1. The van der Waals surface area contributed by atoms with Gasteiger partial charge in [0.25, 0.3) is 0 Å². The number of benzene rings is 1. The van der Waals surface area contributed by atoms with Crippen LogP contribution in [0.4, 0.5) is 10.9 Å². The Morgan fingerprint density at radius 2 is 1.88 bits per heavy atom. The maximum Gasteiger partial charge on any atom is 0.238 e. The summed E-state index contributed by atoms with van der Waals surface area (Å²) >= 11 is 1.46. The van der Waals surface area contributed by atoms with Crippen molar-refractivity contribution >= 4 is 32.3 Å². The smallest absolute Gasteiger partial charge is 0.238 e. The Bertz CT molecular complexity index is 1010. The molecule has 0 radical (unpaired) electrons. The van der Waals surface area contributed by atoms with Crippen molar-refractivity contribution < 1.29 is 13.2 Å². The molecule has 3 N–H and O–H groups in total. The zero-order valence-electron chi connectivity index (χ0n) is 14.3. The van der Waals surface area contributed by atoms with E-state index in [2.05, 4.69) is 15.3 Å². The monoisotopic (exact) mass is 390 g/mol. The number of pyridine rings is 1. The number of aryl methyl sites for hydroxylation is 1. The first-order valence-electron chi connectivity index (χ1n) is 7.84. The molecule has 0 aliphatic carbocycles. The largest absolute Gasteiger partial charge is 0.478 e. The molecule has 0 spiro atoms. The molecular weight excluding hydrogens is 372 g/mol. The van der Waals surface area contributed by atoms with Gasteiger partial charge in [0.15, 0.2) is 5.13 Å². The van der Waals surface area contributed by atoms with E-state index >= 15 is 0 Å². The van der Waals surface area contributed by atoms with Crippen LogP contribution in [-0.2, 0) is 10.0 Å². The number of hydrogen-bond acceptors (Lipinski definition) is 7. The fraction of sp³-hybridized carbons (Fsp3) is 0.176. The van der Waals surface area contributed by atoms with Crippen LogP contribution in [0, 0.1) is 6.92 Å². The van der Waals surface area contributed by atoms with Crippen LogP contribution >= 0.6 is 11.3 Å². The van der Waals surface area contributed by atoms with E-state index in [9.17, 15) is 8.42 Å². The highest BCUT2D eigenvalue weighted by molar-refractivity contribution is 7.89. The van der Waals surface area contributed by atoms with E-state index in [-0.39, 0.29) is 4.90 Å². The molecule has 2 heterocycles. The number of sulfonamides is 1. The van der Waals surface area contributed by atoms with Crippen molar-refractivity contribution in [2.24, 2.45) is 5.14 Å². The third-order valence-corrected chi connectivity index (χ3v) is 5.54. The summed E-state index contributed by atoms with van der Waals surface area (Å²) in [5.74, 6) is 1.19. The van der Waals surface area contributed by atoms with Gasteiger partial charge < -0.3 is 10.1 Å². The van der Waals surface area contributed by atoms with Crippen LogP contribution in [0.5, 0.6) is 5.88 Å². The van der Waals surface area contributed by atoms with E-state index in [4.69, 9.17) is 9.88 Å². The molecule has 0 aliphatic rings. The van der Waals surface area contributed by atoms with Gasteiger partial charge in [-0.1, -0.05) is 29.5 Å². The quantitative estimate of drug-likeness (QED) is 0.669. The molecule has 9 heteroatoms. The van der Waals surface area contributed by atoms with Gasteiger partial charge in [-0.3, -0.25) is 0 Å². The van der Waals surface area contributed by atoms with Gasteiger partial charge in [0.2, 0.25) is 15.9 Å². The zero-order chi connectivity index (χ0) is 18.7. The summed E-state index contributed by atoms with van der Waals surface area (Å²) in [6.45, 7) is 4.35. The van der Waals surface area contributed by atoms with Crippen molar-refractivity contribution in [1.29, 1.82) is 0 Å². The number of hydrogen-bond donors (Lipinski definition) is 2. The molecule has 1 aromatic carbocycles. The number of thiazole rings is 1. The number of nitrogens with one attached hydrogen (secondary N) is 1. The number of aromatic nitrogens is 2. The van der Waals surface area contributed by atoms with Gasteiger partial charge in [0.05, 0.1) is 22.1 Å². The second-order valence-corrected chi connectivity index (χ2v) is 7.98. The minimum atomic E-state index is -3.70. The van der Waals surface area contributed by atoms with Crippen molar-refractivity contribution in [3.63, 3.8) is 0 Å². The zero-order valence-corrected chi connectivity index (χ0v) is 15.9. The summed E-state index contributed by atoms with van der Waals surface area (Å²) < 4.78 is 28.1. The Morgan fingerprint density at radius 1 is 1.15 bits per heavy atom. The van der Waals surface area contributed by atoms with Crippen molar-refractivity contribution in [2.75, 3.05) is 11.9 Å². The molecule has 0 saturated carbocycles. The molecule has 7 nitrogen and oxygen atoms in total. The first kappa shape index (κ1) is 18.3. The topological polar surface area (TPSA) is 107 Å². The van der Waals surface area contributed by atoms with Gasteiger partial charge in [-0.05, 0) is 37.6 Å². The number of nitrogens with zero attached hydrogens (tertiary/aromatic N) is 2. The van der Waals surface area contributed by atoms with Crippen LogP contribution < -0.4 is 15.2 Å². The fourth-order valence-electron chi connectivity index (χ4n) is 2.34. The summed E-state index contributed by atoms with van der Waals surface area (Å²) in [5.41, 5.74) is 1.71. The lowest BCUT2D eigenvalue weighted by atomic mass is 10.2. The summed E-state index contributed by atoms with van der Waals surface area (Å²) in [4.78, 5) is 9.90. The number of ether oxygens (including phenoxy) is 1. The van der Waals surface area contributed by atoms with Crippen molar-refractivity contribution in [3.05, 3.63) is 48.2 Å². The van der Waals surface area contributed by atoms with Gasteiger partial charge >= 0.3 is 0 Å². The van der Waals surface area contributed by atoms with Gasteiger partial charge in [-0.25, -0.2) is 18.5 Å². The lowest BCUT2D eigenvalue weighted by molar-refractivity contribution is 0.327. The van der Waals surface area contributed by atoms with Crippen molar-refractivity contribution in [2.45, 2.75) is 18.7 Å². The molecule has 0 aliphatic heterocycles. The third kappa shape index (κ3) is 4.18. The van der Waals surface area contributed by atoms with E-state index in [0.717, 1.165) is 16.1 Å². The molecular formula is C17H18N4O3S2. The molecule has 0 amide bonds. The molecule has 0 unspecified atom stereocenters. The van der Waals surface area contributed by atoms with Gasteiger partial charge in [-0.2, -0.15) is 4.98 Å². The Morgan fingerprint density at radius 3 is 2.54 bits per heavy atom. The van der Waals surface area contributed by atoms with Crippen LogP contribution in [0.25, 0.3) is 10.4 Å². The SMILES string of the molecule is CCOc1cccc(Nc2nc(C)c(-c3ccc(S(N)(=O)=O)cc3)s2)n1. The Labute approximate surface area is 155 Å². The fourth-order valence-corrected chi connectivity index (χ4v) is 3.83. The first-order chi connectivity index (χ1) is 12.4. The Kier molecular flexibility index (Phi) is 5.21. The van der Waals surface area contributed by atoms with Gasteiger partial charge in [0.1, 0.15) is 5.82 Å². The van der Waals surface area contributed by atoms with E-state index < -0.39 is 10.0 Å². The van der Waals surface area contributed by atoms with E-state index in [1.165, 1.54) is 23.5 Å². The molecule has 26 heavy (non-hydrogen) atoms. The Balaban J connectivity index is 1.84. The van der Waals surface area contributed by atoms with Crippen molar-refractivity contribution in [3.8, 4) is 16.3 Å². The van der Waals surface area contributed by atoms with Crippen LogP contribution in [0.15, 0.2) is 47.4 Å². The number of anilines is 2. The van der Waals surface area contributed by atoms with Crippen LogP contribution in [-0.4, -0.2) is 25.0 Å². The summed E-state index contributed by atoms with van der Waals surface area (Å²) in [5, 5.41) is 8.99. The molecule has 3 aromatic rings. The number of rotatable bonds is 6. The normalized spacial score (nSPS) is 11.3. The average Bonchev–Trinajstić information content (AvgIpc) is 2.95. The molecule has 3 rings (SSSR count). The average molecular weight is 390 g/mol. The number of nitrogens with two attached hydrogens (primary N) is 1. The lowest BCUT2D eigenvalue weighted by Crippen LogP contribution is -2.11. The maximum atomic E-state index is 11.4. The second-order valence-electron chi connectivity index (χ2n) is 5.42. The molecule has 2 aromatic heterocycles. The highest BCUT2D eigenvalue weighted by Gasteiger charge is 2.13. The summed E-state index contributed by atoms with van der Waals surface area (Å²) in [6.07, 6.45) is 0. The molecule has 0 saturated heterocycles. The van der Waals surface area contributed by atoms with E-state index in [1.807, 2.05) is 26.0 Å². The lowest BCUT2D eigenvalue weighted by Gasteiger charge is -2.05. The van der Waals surface area contributed by atoms with Gasteiger partial charge in [-0.15, -0.1) is 0 Å². The van der Waals surface area contributed by atoms with E-state index in [1.54, 1.807) is 18.2 Å². The minimum absolute atomic E-state index is 0.0821. The Hall–Kier alpha value is -2.49.